The summed E-state index contributed by atoms with van der Waals surface area (Å²) in [7, 11) is -3.23. The Labute approximate surface area is 104 Å². The van der Waals surface area contributed by atoms with Crippen LogP contribution in [-0.2, 0) is 14.6 Å². The minimum Gasteiger partial charge on any atom is -0.481 e. The second-order valence-corrected chi connectivity index (χ2v) is 7.08. The van der Waals surface area contributed by atoms with Crippen molar-refractivity contribution in [2.75, 3.05) is 5.75 Å². The molecule has 0 radical (unpaired) electrons. The summed E-state index contributed by atoms with van der Waals surface area (Å²) in [6.45, 7) is 3.61. The van der Waals surface area contributed by atoms with Crippen LogP contribution in [-0.4, -0.2) is 30.5 Å². The van der Waals surface area contributed by atoms with Gasteiger partial charge in [-0.1, -0.05) is 39.0 Å². The van der Waals surface area contributed by atoms with Crippen LogP contribution < -0.4 is 0 Å². The highest BCUT2D eigenvalue weighted by Gasteiger charge is 2.22. The Kier molecular flexibility index (Phi) is 8.21. The van der Waals surface area contributed by atoms with Gasteiger partial charge in [0.15, 0.2) is 9.84 Å². The topological polar surface area (TPSA) is 71.4 Å². The molecule has 0 heterocycles. The van der Waals surface area contributed by atoms with Crippen LogP contribution in [0.2, 0.25) is 0 Å². The number of carbonyl (C=O) groups is 1. The summed E-state index contributed by atoms with van der Waals surface area (Å²) in [5.41, 5.74) is 0. The molecule has 0 bridgehead atoms. The first-order chi connectivity index (χ1) is 7.90. The van der Waals surface area contributed by atoms with Gasteiger partial charge in [0, 0.05) is 0 Å². The number of sulfone groups is 1. The highest BCUT2D eigenvalue weighted by atomic mass is 32.2. The number of rotatable bonds is 10. The van der Waals surface area contributed by atoms with Crippen LogP contribution in [0.15, 0.2) is 0 Å². The summed E-state index contributed by atoms with van der Waals surface area (Å²) in [6.07, 6.45) is 5.86. The zero-order chi connectivity index (χ0) is 13.3. The standard InChI is InChI=1S/C12H24O4S/c1-3-4-5-6-7-8-9-17(15,16)11(2)10-12(13)14/h11H,3-10H2,1-2H3,(H,13,14). The van der Waals surface area contributed by atoms with E-state index >= 15 is 0 Å². The van der Waals surface area contributed by atoms with E-state index in [9.17, 15) is 13.2 Å². The van der Waals surface area contributed by atoms with Crippen LogP contribution in [0.25, 0.3) is 0 Å². The van der Waals surface area contributed by atoms with Crippen LogP contribution in [0.5, 0.6) is 0 Å². The molecule has 0 fully saturated rings. The maximum atomic E-state index is 11.7. The van der Waals surface area contributed by atoms with Crippen LogP contribution in [0, 0.1) is 0 Å². The van der Waals surface area contributed by atoms with E-state index in [4.69, 9.17) is 5.11 Å². The summed E-state index contributed by atoms with van der Waals surface area (Å²) in [5.74, 6) is -0.933. The highest BCUT2D eigenvalue weighted by Crippen LogP contribution is 2.11. The normalized spacial score (nSPS) is 13.5. The molecule has 4 nitrogen and oxygen atoms in total. The molecule has 17 heavy (non-hydrogen) atoms. The molecule has 0 rings (SSSR count). The Bertz CT molecular complexity index is 308. The van der Waals surface area contributed by atoms with Crippen LogP contribution in [0.4, 0.5) is 0 Å². The van der Waals surface area contributed by atoms with Crippen molar-refractivity contribution in [1.29, 1.82) is 0 Å². The molecule has 0 saturated carbocycles. The monoisotopic (exact) mass is 264 g/mol. The third-order valence-corrected chi connectivity index (χ3v) is 5.11. The third-order valence-electron chi connectivity index (χ3n) is 2.86. The SMILES string of the molecule is CCCCCCCCS(=O)(=O)C(C)CC(=O)O. The lowest BCUT2D eigenvalue weighted by molar-refractivity contribution is -0.136. The number of carboxylic acid groups (broad SMARTS) is 1. The second-order valence-electron chi connectivity index (χ2n) is 4.54. The first-order valence-electron chi connectivity index (χ1n) is 6.33. The van der Waals surface area contributed by atoms with E-state index in [-0.39, 0.29) is 12.2 Å². The zero-order valence-corrected chi connectivity index (χ0v) is 11.6. The van der Waals surface area contributed by atoms with Crippen LogP contribution in [0.3, 0.4) is 0 Å². The Balaban J connectivity index is 3.82. The molecule has 1 N–H and O–H groups in total. The fourth-order valence-electron chi connectivity index (χ4n) is 1.66. The lowest BCUT2D eigenvalue weighted by Crippen LogP contribution is -2.23. The van der Waals surface area contributed by atoms with Gasteiger partial charge in [-0.05, 0) is 13.3 Å². The van der Waals surface area contributed by atoms with Gasteiger partial charge in [0.25, 0.3) is 0 Å². The quantitative estimate of drug-likeness (QED) is 0.616. The van der Waals surface area contributed by atoms with Crippen LogP contribution in [0.1, 0.15) is 58.8 Å². The molecule has 0 aliphatic rings. The molecule has 0 aromatic rings. The van der Waals surface area contributed by atoms with Crippen molar-refractivity contribution in [2.45, 2.75) is 64.0 Å². The smallest absolute Gasteiger partial charge is 0.304 e. The molecule has 0 aliphatic heterocycles. The highest BCUT2D eigenvalue weighted by molar-refractivity contribution is 7.92. The molecule has 0 amide bonds. The summed E-state index contributed by atoms with van der Waals surface area (Å²) < 4.78 is 23.4. The number of unbranched alkanes of at least 4 members (excludes halogenated alkanes) is 5. The van der Waals surface area contributed by atoms with Crippen molar-refractivity contribution in [2.24, 2.45) is 0 Å². The van der Waals surface area contributed by atoms with Gasteiger partial charge in [0.2, 0.25) is 0 Å². The molecule has 5 heteroatoms. The van der Waals surface area contributed by atoms with Crippen molar-refractivity contribution in [3.05, 3.63) is 0 Å². The predicted molar refractivity (Wildman–Crippen MR) is 68.9 cm³/mol. The van der Waals surface area contributed by atoms with E-state index in [1.807, 2.05) is 0 Å². The molecule has 1 unspecified atom stereocenters. The summed E-state index contributed by atoms with van der Waals surface area (Å²) in [5, 5.41) is 7.78. The minimum absolute atomic E-state index is 0.119. The first-order valence-corrected chi connectivity index (χ1v) is 8.05. The lowest BCUT2D eigenvalue weighted by atomic mass is 10.1. The fraction of sp³-hybridized carbons (Fsp3) is 0.917. The average Bonchev–Trinajstić information content (AvgIpc) is 2.22. The number of hydrogen-bond acceptors (Lipinski definition) is 3. The van der Waals surface area contributed by atoms with E-state index in [0.717, 1.165) is 19.3 Å². The number of aliphatic carboxylic acids is 1. The van der Waals surface area contributed by atoms with E-state index in [1.54, 1.807) is 0 Å². The number of carboxylic acids is 1. The predicted octanol–water partition coefficient (Wildman–Crippen LogP) is 2.62. The molecular weight excluding hydrogens is 240 g/mol. The molecule has 0 saturated heterocycles. The third kappa shape index (κ3) is 8.18. The van der Waals surface area contributed by atoms with Crippen molar-refractivity contribution >= 4 is 15.8 Å². The maximum Gasteiger partial charge on any atom is 0.304 e. The molecule has 0 aromatic heterocycles. The number of hydrogen-bond donors (Lipinski definition) is 1. The summed E-state index contributed by atoms with van der Waals surface area (Å²) in [6, 6.07) is 0. The van der Waals surface area contributed by atoms with E-state index in [0.29, 0.717) is 6.42 Å². The largest absolute Gasteiger partial charge is 0.481 e. The maximum absolute atomic E-state index is 11.7. The van der Waals surface area contributed by atoms with Crippen molar-refractivity contribution in [3.8, 4) is 0 Å². The van der Waals surface area contributed by atoms with Gasteiger partial charge in [-0.25, -0.2) is 8.42 Å². The van der Waals surface area contributed by atoms with E-state index in [2.05, 4.69) is 6.92 Å². The molecule has 102 valence electrons. The van der Waals surface area contributed by atoms with Gasteiger partial charge in [0.1, 0.15) is 0 Å². The Morgan fingerprint density at radius 3 is 2.18 bits per heavy atom. The van der Waals surface area contributed by atoms with Crippen molar-refractivity contribution in [1.82, 2.24) is 0 Å². The Morgan fingerprint density at radius 1 is 1.12 bits per heavy atom. The fourth-order valence-corrected chi connectivity index (χ4v) is 3.06. The van der Waals surface area contributed by atoms with Gasteiger partial charge in [-0.2, -0.15) is 0 Å². The lowest BCUT2D eigenvalue weighted by Gasteiger charge is -2.10. The van der Waals surface area contributed by atoms with Gasteiger partial charge in [-0.3, -0.25) is 4.79 Å². The molecule has 0 aromatic carbocycles. The molecule has 0 spiro atoms. The zero-order valence-electron chi connectivity index (χ0n) is 10.8. The summed E-state index contributed by atoms with van der Waals surface area (Å²) in [4.78, 5) is 10.4. The van der Waals surface area contributed by atoms with Gasteiger partial charge >= 0.3 is 5.97 Å². The van der Waals surface area contributed by atoms with Gasteiger partial charge in [0.05, 0.1) is 17.4 Å². The van der Waals surface area contributed by atoms with Gasteiger partial charge < -0.3 is 5.11 Å². The average molecular weight is 264 g/mol. The van der Waals surface area contributed by atoms with E-state index < -0.39 is 21.1 Å². The second kappa shape index (κ2) is 8.50. The minimum atomic E-state index is -3.23. The first kappa shape index (κ1) is 16.4. The molecule has 1 atom stereocenters. The Morgan fingerprint density at radius 2 is 1.65 bits per heavy atom. The molecule has 0 aliphatic carbocycles. The van der Waals surface area contributed by atoms with Crippen molar-refractivity contribution in [3.63, 3.8) is 0 Å². The summed E-state index contributed by atoms with van der Waals surface area (Å²) >= 11 is 0. The van der Waals surface area contributed by atoms with Gasteiger partial charge in [-0.15, -0.1) is 0 Å². The van der Waals surface area contributed by atoms with Crippen LogP contribution >= 0.6 is 0 Å². The van der Waals surface area contributed by atoms with Crippen molar-refractivity contribution < 1.29 is 18.3 Å². The Hall–Kier alpha value is -0.580. The van der Waals surface area contributed by atoms with E-state index in [1.165, 1.54) is 19.8 Å². The molecular formula is C12H24O4S.